The predicted molar refractivity (Wildman–Crippen MR) is 69.3 cm³/mol. The summed E-state index contributed by atoms with van der Waals surface area (Å²) in [6.45, 7) is 1.35. The molecule has 3 heterocycles. The molecule has 6 heteroatoms. The van der Waals surface area contributed by atoms with E-state index in [0.717, 1.165) is 25.1 Å². The molecule has 1 aromatic heterocycles. The molecule has 100 valence electrons. The van der Waals surface area contributed by atoms with Gasteiger partial charge in [-0.3, -0.25) is 0 Å². The van der Waals surface area contributed by atoms with Gasteiger partial charge in [-0.1, -0.05) is 11.6 Å². The maximum Gasteiger partial charge on any atom is 0.246 e. The van der Waals surface area contributed by atoms with Gasteiger partial charge in [0.1, 0.15) is 5.54 Å². The largest absolute Gasteiger partial charge is 0.381 e. The number of nitrogens with two attached hydrogens (primary N) is 1. The fraction of sp³-hybridized carbons (Fsp3) is 0.833. The summed E-state index contributed by atoms with van der Waals surface area (Å²) in [4.78, 5) is 4.55. The topological polar surface area (TPSA) is 74.2 Å². The zero-order valence-electron chi connectivity index (χ0n) is 10.4. The highest BCUT2D eigenvalue weighted by Crippen LogP contribution is 2.38. The van der Waals surface area contributed by atoms with Crippen molar-refractivity contribution in [2.75, 3.05) is 19.0 Å². The highest BCUT2D eigenvalue weighted by atomic mass is 32.2. The van der Waals surface area contributed by atoms with E-state index in [1.54, 1.807) is 0 Å². The number of thioether (sulfide) groups is 1. The van der Waals surface area contributed by atoms with Crippen LogP contribution in [0.1, 0.15) is 49.1 Å². The molecule has 0 aromatic carbocycles. The molecule has 2 saturated heterocycles. The molecule has 18 heavy (non-hydrogen) atoms. The van der Waals surface area contributed by atoms with Gasteiger partial charge in [0.15, 0.2) is 5.82 Å². The molecule has 0 radical (unpaired) electrons. The summed E-state index contributed by atoms with van der Waals surface area (Å²) < 4.78 is 10.7. The molecule has 2 aliphatic heterocycles. The summed E-state index contributed by atoms with van der Waals surface area (Å²) in [5, 5.41) is 4.52. The number of hydrogen-bond donors (Lipinski definition) is 1. The monoisotopic (exact) mass is 269 g/mol. The van der Waals surface area contributed by atoms with Crippen molar-refractivity contribution in [3.8, 4) is 0 Å². The average Bonchev–Trinajstić information content (AvgIpc) is 2.91. The zero-order chi connectivity index (χ0) is 12.4. The average molecular weight is 269 g/mol. The van der Waals surface area contributed by atoms with E-state index in [-0.39, 0.29) is 0 Å². The van der Waals surface area contributed by atoms with Crippen LogP contribution in [0.4, 0.5) is 0 Å². The molecule has 0 spiro atoms. The van der Waals surface area contributed by atoms with E-state index in [1.807, 2.05) is 11.8 Å². The van der Waals surface area contributed by atoms with Crippen molar-refractivity contribution in [2.45, 2.75) is 42.9 Å². The normalized spacial score (nSPS) is 28.2. The minimum Gasteiger partial charge on any atom is -0.381 e. The lowest BCUT2D eigenvalue weighted by Crippen LogP contribution is -2.42. The Morgan fingerprint density at radius 3 is 2.83 bits per heavy atom. The first kappa shape index (κ1) is 12.4. The molecular formula is C12H19N3O2S. The molecule has 1 aromatic rings. The summed E-state index contributed by atoms with van der Waals surface area (Å²) in [6.07, 6.45) is 5.20. The van der Waals surface area contributed by atoms with Gasteiger partial charge in [0.05, 0.1) is 5.25 Å². The maximum absolute atomic E-state index is 6.34. The fourth-order valence-electron chi connectivity index (χ4n) is 2.46. The van der Waals surface area contributed by atoms with Crippen molar-refractivity contribution >= 4 is 11.8 Å². The number of aromatic nitrogens is 2. The van der Waals surface area contributed by atoms with E-state index < -0.39 is 5.54 Å². The Hall–Kier alpha value is -0.590. The molecule has 5 nitrogen and oxygen atoms in total. The van der Waals surface area contributed by atoms with Crippen LogP contribution in [0.2, 0.25) is 0 Å². The lowest BCUT2D eigenvalue weighted by molar-refractivity contribution is 0.0400. The van der Waals surface area contributed by atoms with Crippen LogP contribution in [0.25, 0.3) is 0 Å². The Labute approximate surface area is 111 Å². The first-order valence-electron chi connectivity index (χ1n) is 6.60. The fourth-order valence-corrected chi connectivity index (χ4v) is 3.70. The Balaban J connectivity index is 1.75. The van der Waals surface area contributed by atoms with E-state index >= 15 is 0 Å². The van der Waals surface area contributed by atoms with Crippen LogP contribution < -0.4 is 5.73 Å². The third kappa shape index (κ3) is 2.41. The zero-order valence-corrected chi connectivity index (χ0v) is 11.2. The van der Waals surface area contributed by atoms with Gasteiger partial charge in [0.2, 0.25) is 5.89 Å². The minimum absolute atomic E-state index is 0.389. The van der Waals surface area contributed by atoms with Gasteiger partial charge in [-0.25, -0.2) is 0 Å². The molecule has 3 rings (SSSR count). The third-order valence-electron chi connectivity index (χ3n) is 3.72. The Morgan fingerprint density at radius 2 is 2.11 bits per heavy atom. The smallest absolute Gasteiger partial charge is 0.246 e. The Kier molecular flexibility index (Phi) is 3.59. The highest BCUT2D eigenvalue weighted by molar-refractivity contribution is 7.99. The number of ether oxygens (including phenoxy) is 1. The second-order valence-electron chi connectivity index (χ2n) is 5.08. The molecule has 1 unspecified atom stereocenters. The standard InChI is InChI=1S/C12H19N3O2S/c13-12(4-6-16-7-5-12)11-14-10(15-17-11)9-3-1-2-8-18-9/h9H,1-8,13H2. The first-order valence-corrected chi connectivity index (χ1v) is 7.65. The number of nitrogens with zero attached hydrogens (tertiary/aromatic N) is 2. The lowest BCUT2D eigenvalue weighted by Gasteiger charge is -2.29. The van der Waals surface area contributed by atoms with Crippen LogP contribution in [0.3, 0.4) is 0 Å². The van der Waals surface area contributed by atoms with E-state index in [1.165, 1.54) is 18.6 Å². The molecule has 2 N–H and O–H groups in total. The van der Waals surface area contributed by atoms with Crippen LogP contribution in [-0.4, -0.2) is 29.1 Å². The van der Waals surface area contributed by atoms with Crippen molar-refractivity contribution in [1.82, 2.24) is 10.1 Å². The van der Waals surface area contributed by atoms with Crippen molar-refractivity contribution in [1.29, 1.82) is 0 Å². The van der Waals surface area contributed by atoms with Gasteiger partial charge in [0.25, 0.3) is 0 Å². The van der Waals surface area contributed by atoms with Crippen molar-refractivity contribution < 1.29 is 9.26 Å². The van der Waals surface area contributed by atoms with Crippen molar-refractivity contribution in [2.24, 2.45) is 5.73 Å². The summed E-state index contributed by atoms with van der Waals surface area (Å²) in [5.74, 6) is 2.61. The summed E-state index contributed by atoms with van der Waals surface area (Å²) >= 11 is 1.92. The molecular weight excluding hydrogens is 250 g/mol. The van der Waals surface area contributed by atoms with Gasteiger partial charge >= 0.3 is 0 Å². The van der Waals surface area contributed by atoms with E-state index in [4.69, 9.17) is 15.0 Å². The second kappa shape index (κ2) is 5.19. The summed E-state index contributed by atoms with van der Waals surface area (Å²) in [5.41, 5.74) is 5.86. The highest BCUT2D eigenvalue weighted by Gasteiger charge is 2.36. The Bertz CT molecular complexity index is 398. The van der Waals surface area contributed by atoms with Gasteiger partial charge in [-0.15, -0.1) is 0 Å². The third-order valence-corrected chi connectivity index (χ3v) is 5.09. The van der Waals surface area contributed by atoms with Crippen LogP contribution >= 0.6 is 11.8 Å². The quantitative estimate of drug-likeness (QED) is 0.885. The van der Waals surface area contributed by atoms with Gasteiger partial charge in [0, 0.05) is 13.2 Å². The van der Waals surface area contributed by atoms with Crippen LogP contribution in [0.15, 0.2) is 4.52 Å². The molecule has 0 amide bonds. The second-order valence-corrected chi connectivity index (χ2v) is 6.39. The minimum atomic E-state index is -0.483. The van der Waals surface area contributed by atoms with Gasteiger partial charge in [-0.2, -0.15) is 16.7 Å². The Morgan fingerprint density at radius 1 is 1.28 bits per heavy atom. The molecule has 2 fully saturated rings. The molecule has 0 saturated carbocycles. The van der Waals surface area contributed by atoms with Crippen LogP contribution in [0, 0.1) is 0 Å². The first-order chi connectivity index (χ1) is 8.78. The van der Waals surface area contributed by atoms with Crippen molar-refractivity contribution in [3.63, 3.8) is 0 Å². The van der Waals surface area contributed by atoms with Crippen molar-refractivity contribution in [3.05, 3.63) is 11.7 Å². The SMILES string of the molecule is NC1(c2nc(C3CCCCS3)no2)CCOCC1. The number of rotatable bonds is 2. The molecule has 0 aliphatic carbocycles. The molecule has 2 aliphatic rings. The summed E-state index contributed by atoms with van der Waals surface area (Å²) in [7, 11) is 0. The van der Waals surface area contributed by atoms with Crippen LogP contribution in [0.5, 0.6) is 0 Å². The van der Waals surface area contributed by atoms with Gasteiger partial charge in [-0.05, 0) is 31.4 Å². The van der Waals surface area contributed by atoms with E-state index in [2.05, 4.69) is 10.1 Å². The maximum atomic E-state index is 6.34. The van der Waals surface area contributed by atoms with E-state index in [9.17, 15) is 0 Å². The molecule has 0 bridgehead atoms. The lowest BCUT2D eigenvalue weighted by atomic mass is 9.91. The predicted octanol–water partition coefficient (Wildman–Crippen LogP) is 1.99. The molecule has 1 atom stereocenters. The van der Waals surface area contributed by atoms with Crippen LogP contribution in [-0.2, 0) is 10.3 Å². The summed E-state index contributed by atoms with van der Waals surface area (Å²) in [6, 6.07) is 0. The number of hydrogen-bond acceptors (Lipinski definition) is 6. The van der Waals surface area contributed by atoms with E-state index in [0.29, 0.717) is 24.4 Å². The van der Waals surface area contributed by atoms with Gasteiger partial charge < -0.3 is 15.0 Å².